The molecule has 8 heteroatoms. The van der Waals surface area contributed by atoms with Gasteiger partial charge >= 0.3 is 5.97 Å². The van der Waals surface area contributed by atoms with Gasteiger partial charge in [-0.1, -0.05) is 32.0 Å². The number of carboxylic acid groups (broad SMARTS) is 1. The van der Waals surface area contributed by atoms with E-state index in [1.807, 2.05) is 40.1 Å². The lowest BCUT2D eigenvalue weighted by Gasteiger charge is -2.41. The maximum Gasteiger partial charge on any atom is 0.337 e. The van der Waals surface area contributed by atoms with Crippen LogP contribution in [0.25, 0.3) is 11.1 Å². The molecule has 1 unspecified atom stereocenters. The van der Waals surface area contributed by atoms with Gasteiger partial charge in [-0.05, 0) is 76.0 Å². The number of benzene rings is 1. The van der Waals surface area contributed by atoms with Crippen molar-refractivity contribution in [1.82, 2.24) is 20.1 Å². The molecule has 41 heavy (non-hydrogen) atoms. The van der Waals surface area contributed by atoms with Crippen LogP contribution < -0.4 is 4.90 Å². The number of carbonyl (C=O) groups is 1. The van der Waals surface area contributed by atoms with Gasteiger partial charge in [-0.2, -0.15) is 5.10 Å². The van der Waals surface area contributed by atoms with Gasteiger partial charge in [0, 0.05) is 67.0 Å². The summed E-state index contributed by atoms with van der Waals surface area (Å²) in [4.78, 5) is 22.5. The summed E-state index contributed by atoms with van der Waals surface area (Å²) in [6.07, 6.45) is 5.79. The molecule has 2 N–H and O–H groups in total. The molecule has 0 radical (unpaired) electrons. The van der Waals surface area contributed by atoms with E-state index in [-0.39, 0.29) is 5.41 Å². The van der Waals surface area contributed by atoms with Crippen LogP contribution in [-0.2, 0) is 29.0 Å². The molecule has 5 rings (SSSR count). The molecule has 0 aliphatic carbocycles. The number of anilines is 1. The fraction of sp³-hybridized carbons (Fsp3) is 0.545. The van der Waals surface area contributed by atoms with E-state index in [0.717, 1.165) is 80.2 Å². The third-order valence-corrected chi connectivity index (χ3v) is 8.52. The molecule has 1 atom stereocenters. The number of fused-ring (bicyclic) bond motifs is 1. The molecular weight excluding hydrogens is 514 g/mol. The molecule has 0 amide bonds. The molecule has 0 spiro atoms. The summed E-state index contributed by atoms with van der Waals surface area (Å²) in [6, 6.07) is 6.75. The van der Waals surface area contributed by atoms with Gasteiger partial charge in [-0.3, -0.25) is 15.0 Å². The van der Waals surface area contributed by atoms with Crippen LogP contribution in [0, 0.1) is 19.3 Å². The highest BCUT2D eigenvalue weighted by atomic mass is 16.5. The number of pyridine rings is 1. The Labute approximate surface area is 244 Å². The van der Waals surface area contributed by atoms with E-state index in [0.29, 0.717) is 5.56 Å². The fourth-order valence-corrected chi connectivity index (χ4v) is 6.28. The number of aromatic amines is 1. The Balaban J connectivity index is 1.60. The van der Waals surface area contributed by atoms with Crippen molar-refractivity contribution in [3.8, 4) is 11.1 Å². The van der Waals surface area contributed by atoms with Crippen molar-refractivity contribution in [1.29, 1.82) is 0 Å². The number of aryl methyl sites for hydroxylation is 2. The van der Waals surface area contributed by atoms with Crippen molar-refractivity contribution in [2.75, 3.05) is 24.5 Å². The quantitative estimate of drug-likeness (QED) is 0.355. The summed E-state index contributed by atoms with van der Waals surface area (Å²) < 4.78 is 6.24. The minimum Gasteiger partial charge on any atom is -0.479 e. The molecule has 2 aromatic heterocycles. The Morgan fingerprint density at radius 1 is 1.12 bits per heavy atom. The molecule has 220 valence electrons. The lowest BCUT2D eigenvalue weighted by Crippen LogP contribution is -2.39. The zero-order chi connectivity index (χ0) is 29.5. The van der Waals surface area contributed by atoms with Gasteiger partial charge in [-0.15, -0.1) is 0 Å². The zero-order valence-corrected chi connectivity index (χ0v) is 25.7. The molecule has 2 aliphatic heterocycles. The Hall–Kier alpha value is -3.23. The highest BCUT2D eigenvalue weighted by Crippen LogP contribution is 2.45. The normalized spacial score (nSPS) is 18.3. The van der Waals surface area contributed by atoms with E-state index in [1.54, 1.807) is 0 Å². The SMILES string of the molecule is Cc1nc(C)c(C(OC(C)(C)C)C(=O)O)c(N2CCC(C)(C)CC2)c1-c1ccc2c(c1)CCN(Cc1cn[nH]c1)C2. The Morgan fingerprint density at radius 3 is 2.49 bits per heavy atom. The smallest absolute Gasteiger partial charge is 0.337 e. The average Bonchev–Trinajstić information content (AvgIpc) is 3.39. The van der Waals surface area contributed by atoms with Crippen molar-refractivity contribution < 1.29 is 14.6 Å². The number of ether oxygens (including phenoxy) is 1. The number of hydrogen-bond donors (Lipinski definition) is 2. The minimum atomic E-state index is -1.11. The Morgan fingerprint density at radius 2 is 1.85 bits per heavy atom. The predicted octanol–water partition coefficient (Wildman–Crippen LogP) is 6.21. The second kappa shape index (κ2) is 11.2. The van der Waals surface area contributed by atoms with Gasteiger partial charge in [0.15, 0.2) is 6.10 Å². The van der Waals surface area contributed by atoms with Crippen molar-refractivity contribution in [3.63, 3.8) is 0 Å². The van der Waals surface area contributed by atoms with Crippen molar-refractivity contribution in [2.45, 2.75) is 92.5 Å². The van der Waals surface area contributed by atoms with Gasteiger partial charge in [0.05, 0.1) is 17.5 Å². The van der Waals surface area contributed by atoms with Gasteiger partial charge < -0.3 is 14.7 Å². The number of H-pyrrole nitrogens is 1. The summed E-state index contributed by atoms with van der Waals surface area (Å²) in [6.45, 7) is 18.8. The Kier molecular flexibility index (Phi) is 8.01. The number of hydrogen-bond acceptors (Lipinski definition) is 6. The first-order valence-corrected chi connectivity index (χ1v) is 14.8. The number of piperidine rings is 1. The highest BCUT2D eigenvalue weighted by molar-refractivity contribution is 5.88. The molecule has 1 saturated heterocycles. The van der Waals surface area contributed by atoms with E-state index in [9.17, 15) is 9.90 Å². The number of aromatic nitrogens is 3. The molecule has 1 fully saturated rings. The first-order valence-electron chi connectivity index (χ1n) is 14.8. The number of rotatable bonds is 7. The molecule has 4 heterocycles. The predicted molar refractivity (Wildman–Crippen MR) is 162 cm³/mol. The minimum absolute atomic E-state index is 0.260. The largest absolute Gasteiger partial charge is 0.479 e. The lowest BCUT2D eigenvalue weighted by atomic mass is 9.81. The highest BCUT2D eigenvalue weighted by Gasteiger charge is 2.36. The standard InChI is InChI=1S/C33H45N5O3/c1-21-27(25-8-9-26-20-37(13-10-24(26)16-25)19-23-17-34-35-18-23)29(38-14-11-33(6,7)12-15-38)28(22(2)36-21)30(31(39)40)41-32(3,4)5/h8-9,16-18,30H,10-15,19-20H2,1-7H3,(H,34,35)(H,39,40). The zero-order valence-electron chi connectivity index (χ0n) is 25.7. The first-order chi connectivity index (χ1) is 19.3. The van der Waals surface area contributed by atoms with Crippen molar-refractivity contribution >= 4 is 11.7 Å². The van der Waals surface area contributed by atoms with E-state index < -0.39 is 17.7 Å². The molecule has 8 nitrogen and oxygen atoms in total. The van der Waals surface area contributed by atoms with Gasteiger partial charge in [-0.25, -0.2) is 4.79 Å². The second-order valence-corrected chi connectivity index (χ2v) is 13.6. The summed E-state index contributed by atoms with van der Waals surface area (Å²) in [5, 5.41) is 17.4. The molecule has 3 aromatic rings. The van der Waals surface area contributed by atoms with E-state index >= 15 is 0 Å². The van der Waals surface area contributed by atoms with Gasteiger partial charge in [0.25, 0.3) is 0 Å². The monoisotopic (exact) mass is 559 g/mol. The number of nitrogens with zero attached hydrogens (tertiary/aromatic N) is 4. The first kappa shape index (κ1) is 29.3. The number of aliphatic carboxylic acids is 1. The van der Waals surface area contributed by atoms with Crippen molar-refractivity contribution in [3.05, 3.63) is 64.2 Å². The van der Waals surface area contributed by atoms with Crippen LogP contribution in [0.4, 0.5) is 5.69 Å². The Bertz CT molecular complexity index is 1400. The second-order valence-electron chi connectivity index (χ2n) is 13.6. The van der Waals surface area contributed by atoms with E-state index in [2.05, 4.69) is 59.0 Å². The molecule has 0 bridgehead atoms. The number of nitrogens with one attached hydrogen (secondary N) is 1. The molecule has 0 saturated carbocycles. The van der Waals surface area contributed by atoms with Crippen LogP contribution in [0.3, 0.4) is 0 Å². The van der Waals surface area contributed by atoms with Crippen LogP contribution >= 0.6 is 0 Å². The fourth-order valence-electron chi connectivity index (χ4n) is 6.28. The van der Waals surface area contributed by atoms with Crippen LogP contribution in [0.1, 0.15) is 87.2 Å². The maximum atomic E-state index is 12.8. The summed E-state index contributed by atoms with van der Waals surface area (Å²) >= 11 is 0. The molecule has 2 aliphatic rings. The van der Waals surface area contributed by atoms with Crippen LogP contribution in [0.2, 0.25) is 0 Å². The van der Waals surface area contributed by atoms with Crippen LogP contribution in [0.5, 0.6) is 0 Å². The van der Waals surface area contributed by atoms with E-state index in [1.165, 1.54) is 16.7 Å². The van der Waals surface area contributed by atoms with Crippen molar-refractivity contribution in [2.24, 2.45) is 5.41 Å². The summed E-state index contributed by atoms with van der Waals surface area (Å²) in [5.74, 6) is -0.985. The number of carboxylic acids is 1. The topological polar surface area (TPSA) is 94.6 Å². The van der Waals surface area contributed by atoms with Gasteiger partial charge in [0.1, 0.15) is 0 Å². The average molecular weight is 560 g/mol. The lowest BCUT2D eigenvalue weighted by molar-refractivity contribution is -0.160. The molecule has 1 aromatic carbocycles. The summed E-state index contributed by atoms with van der Waals surface area (Å²) in [7, 11) is 0. The van der Waals surface area contributed by atoms with Gasteiger partial charge in [0.2, 0.25) is 0 Å². The third kappa shape index (κ3) is 6.49. The van der Waals surface area contributed by atoms with Crippen LogP contribution in [-0.4, -0.2) is 56.4 Å². The van der Waals surface area contributed by atoms with E-state index in [4.69, 9.17) is 9.72 Å². The third-order valence-electron chi connectivity index (χ3n) is 8.52. The molecular formula is C33H45N5O3. The maximum absolute atomic E-state index is 12.8. The van der Waals surface area contributed by atoms with Crippen LogP contribution in [0.15, 0.2) is 30.6 Å². The summed E-state index contributed by atoms with van der Waals surface area (Å²) in [5.41, 5.74) is 8.91.